The van der Waals surface area contributed by atoms with E-state index < -0.39 is 16.1 Å². The van der Waals surface area contributed by atoms with Crippen LogP contribution in [0.15, 0.2) is 94.9 Å². The van der Waals surface area contributed by atoms with Gasteiger partial charge in [-0.25, -0.2) is 4.98 Å². The van der Waals surface area contributed by atoms with Crippen molar-refractivity contribution in [1.29, 1.82) is 0 Å². The van der Waals surface area contributed by atoms with Gasteiger partial charge in [-0.05, 0) is 48.9 Å². The minimum absolute atomic E-state index is 0.168. The molecule has 2 heterocycles. The number of ether oxygens (including phenoxy) is 1. The van der Waals surface area contributed by atoms with Crippen LogP contribution in [0.5, 0.6) is 5.75 Å². The normalized spacial score (nSPS) is 16.0. The molecule has 172 valence electrons. The molecule has 5 rings (SSSR count). The number of aromatic nitrogens is 1. The van der Waals surface area contributed by atoms with Crippen molar-refractivity contribution in [1.82, 2.24) is 9.40 Å². The quantitative estimate of drug-likeness (QED) is 0.318. The molecule has 0 fully saturated rings. The fraction of sp³-hybridized carbons (Fsp3) is 0.154. The number of hydrazone groups is 1. The van der Waals surface area contributed by atoms with E-state index in [9.17, 15) is 8.42 Å². The standard InChI is InChI=1S/C26H22ClN3O3S/c1-2-33-20-13-14-23-19(15-20)16-22(26(27)28-23)25-17-24(18-9-5-3-6-10-18)29-30(25)34(31,32)21-11-7-4-8-12-21/h3-16,25H,2,17H2,1H3. The highest BCUT2D eigenvalue weighted by molar-refractivity contribution is 7.89. The van der Waals surface area contributed by atoms with Gasteiger partial charge in [0.1, 0.15) is 10.9 Å². The highest BCUT2D eigenvalue weighted by atomic mass is 35.5. The molecular formula is C26H22ClN3O3S. The molecule has 4 aromatic rings. The van der Waals surface area contributed by atoms with Crippen LogP contribution in [0.2, 0.25) is 5.15 Å². The van der Waals surface area contributed by atoms with E-state index in [0.29, 0.717) is 35.6 Å². The zero-order valence-electron chi connectivity index (χ0n) is 18.4. The number of pyridine rings is 1. The van der Waals surface area contributed by atoms with Crippen LogP contribution in [0, 0.1) is 0 Å². The van der Waals surface area contributed by atoms with Crippen LogP contribution in [0.1, 0.15) is 30.5 Å². The van der Waals surface area contributed by atoms with Gasteiger partial charge < -0.3 is 4.74 Å². The van der Waals surface area contributed by atoms with Gasteiger partial charge in [0.05, 0.1) is 28.8 Å². The molecule has 0 amide bonds. The van der Waals surface area contributed by atoms with Crippen molar-refractivity contribution in [2.24, 2.45) is 5.10 Å². The van der Waals surface area contributed by atoms with E-state index >= 15 is 0 Å². The number of benzene rings is 3. The van der Waals surface area contributed by atoms with Crippen LogP contribution in [0.3, 0.4) is 0 Å². The Kier molecular flexibility index (Phi) is 5.98. The summed E-state index contributed by atoms with van der Waals surface area (Å²) in [4.78, 5) is 4.71. The smallest absolute Gasteiger partial charge is 0.279 e. The van der Waals surface area contributed by atoms with Crippen molar-refractivity contribution < 1.29 is 13.2 Å². The van der Waals surface area contributed by atoms with E-state index in [1.807, 2.05) is 61.5 Å². The van der Waals surface area contributed by atoms with Gasteiger partial charge in [-0.1, -0.05) is 60.1 Å². The largest absolute Gasteiger partial charge is 0.494 e. The molecule has 8 heteroatoms. The molecule has 1 unspecified atom stereocenters. The monoisotopic (exact) mass is 491 g/mol. The van der Waals surface area contributed by atoms with Gasteiger partial charge in [0, 0.05) is 17.4 Å². The molecule has 0 N–H and O–H groups in total. The highest BCUT2D eigenvalue weighted by Crippen LogP contribution is 2.40. The average Bonchev–Trinajstić information content (AvgIpc) is 3.31. The summed E-state index contributed by atoms with van der Waals surface area (Å²) in [6.07, 6.45) is 0.369. The molecule has 0 saturated heterocycles. The van der Waals surface area contributed by atoms with Gasteiger partial charge in [-0.3, -0.25) is 0 Å². The van der Waals surface area contributed by atoms with Gasteiger partial charge in [0.15, 0.2) is 0 Å². The lowest BCUT2D eigenvalue weighted by atomic mass is 9.99. The van der Waals surface area contributed by atoms with Gasteiger partial charge in [0.2, 0.25) is 0 Å². The molecule has 1 aliphatic heterocycles. The fourth-order valence-electron chi connectivity index (χ4n) is 4.09. The van der Waals surface area contributed by atoms with Crippen molar-refractivity contribution in [3.63, 3.8) is 0 Å². The average molecular weight is 492 g/mol. The molecule has 0 radical (unpaired) electrons. The molecule has 3 aromatic carbocycles. The Morgan fingerprint density at radius 1 is 1.00 bits per heavy atom. The van der Waals surface area contributed by atoms with Gasteiger partial charge in [0.25, 0.3) is 10.0 Å². The molecule has 1 aromatic heterocycles. The fourth-order valence-corrected chi connectivity index (χ4v) is 5.80. The topological polar surface area (TPSA) is 71.9 Å². The Balaban J connectivity index is 1.64. The number of nitrogens with zero attached hydrogens (tertiary/aromatic N) is 3. The van der Waals surface area contributed by atoms with Crippen LogP contribution in [-0.4, -0.2) is 30.1 Å². The second kappa shape index (κ2) is 9.08. The SMILES string of the molecule is CCOc1ccc2nc(Cl)c(C3CC(c4ccccc4)=NN3S(=O)(=O)c3ccccc3)cc2c1. The van der Waals surface area contributed by atoms with Crippen LogP contribution in [0.4, 0.5) is 0 Å². The zero-order chi connectivity index (χ0) is 23.7. The van der Waals surface area contributed by atoms with Crippen molar-refractivity contribution in [2.75, 3.05) is 6.61 Å². The number of rotatable bonds is 6. The molecule has 0 bridgehead atoms. The van der Waals surface area contributed by atoms with Crippen LogP contribution >= 0.6 is 11.6 Å². The summed E-state index contributed by atoms with van der Waals surface area (Å²) < 4.78 is 34.1. The molecular weight excluding hydrogens is 470 g/mol. The van der Waals surface area contributed by atoms with E-state index in [1.54, 1.807) is 30.3 Å². The Morgan fingerprint density at radius 3 is 2.41 bits per heavy atom. The first kappa shape index (κ1) is 22.4. The molecule has 6 nitrogen and oxygen atoms in total. The van der Waals surface area contributed by atoms with Crippen LogP contribution in [0.25, 0.3) is 10.9 Å². The third-order valence-corrected chi connectivity index (χ3v) is 7.70. The second-order valence-corrected chi connectivity index (χ2v) is 10.0. The Bertz CT molecular complexity index is 1480. The third kappa shape index (κ3) is 4.13. The summed E-state index contributed by atoms with van der Waals surface area (Å²) in [6, 6.07) is 24.7. The summed E-state index contributed by atoms with van der Waals surface area (Å²) in [6.45, 7) is 2.46. The predicted molar refractivity (Wildman–Crippen MR) is 134 cm³/mol. The Morgan fingerprint density at radius 2 is 1.71 bits per heavy atom. The maximum absolute atomic E-state index is 13.6. The minimum Gasteiger partial charge on any atom is -0.494 e. The number of fused-ring (bicyclic) bond motifs is 1. The van der Waals surface area contributed by atoms with Crippen molar-refractivity contribution in [3.8, 4) is 5.75 Å². The predicted octanol–water partition coefficient (Wildman–Crippen LogP) is 5.83. The maximum atomic E-state index is 13.6. The van der Waals surface area contributed by atoms with E-state index in [1.165, 1.54) is 4.41 Å². The number of halogens is 1. The van der Waals surface area contributed by atoms with Crippen molar-refractivity contribution >= 4 is 38.2 Å². The van der Waals surface area contributed by atoms with Crippen LogP contribution < -0.4 is 4.74 Å². The summed E-state index contributed by atoms with van der Waals surface area (Å²) in [5.74, 6) is 0.714. The van der Waals surface area contributed by atoms with Gasteiger partial charge in [-0.15, -0.1) is 0 Å². The molecule has 34 heavy (non-hydrogen) atoms. The lowest BCUT2D eigenvalue weighted by molar-refractivity contribution is 0.340. The Hall–Kier alpha value is -3.42. The minimum atomic E-state index is -3.93. The molecule has 0 saturated carbocycles. The first-order valence-corrected chi connectivity index (χ1v) is 12.7. The summed E-state index contributed by atoms with van der Waals surface area (Å²) in [5.41, 5.74) is 2.83. The summed E-state index contributed by atoms with van der Waals surface area (Å²) in [7, 11) is -3.93. The van der Waals surface area contributed by atoms with E-state index in [2.05, 4.69) is 10.1 Å². The summed E-state index contributed by atoms with van der Waals surface area (Å²) in [5, 5.41) is 5.65. The molecule has 0 spiro atoms. The molecule has 1 atom stereocenters. The highest BCUT2D eigenvalue weighted by Gasteiger charge is 2.39. The second-order valence-electron chi connectivity index (χ2n) is 7.88. The summed E-state index contributed by atoms with van der Waals surface area (Å²) >= 11 is 6.62. The van der Waals surface area contributed by atoms with Crippen LogP contribution in [-0.2, 0) is 10.0 Å². The first-order valence-electron chi connectivity index (χ1n) is 10.9. The zero-order valence-corrected chi connectivity index (χ0v) is 20.0. The molecule has 0 aliphatic carbocycles. The van der Waals surface area contributed by atoms with Gasteiger partial charge >= 0.3 is 0 Å². The van der Waals surface area contributed by atoms with E-state index in [4.69, 9.17) is 16.3 Å². The van der Waals surface area contributed by atoms with Crippen molar-refractivity contribution in [2.45, 2.75) is 24.3 Å². The first-order chi connectivity index (χ1) is 16.5. The number of hydrogen-bond acceptors (Lipinski definition) is 5. The maximum Gasteiger partial charge on any atom is 0.279 e. The lowest BCUT2D eigenvalue weighted by Crippen LogP contribution is -2.27. The van der Waals surface area contributed by atoms with Crippen molar-refractivity contribution in [3.05, 3.63) is 101 Å². The molecule has 1 aliphatic rings. The number of hydrogen-bond donors (Lipinski definition) is 0. The lowest BCUT2D eigenvalue weighted by Gasteiger charge is -2.24. The van der Waals surface area contributed by atoms with E-state index in [0.717, 1.165) is 10.9 Å². The van der Waals surface area contributed by atoms with Gasteiger partial charge in [-0.2, -0.15) is 17.9 Å². The third-order valence-electron chi connectivity index (χ3n) is 5.70. The van der Waals surface area contributed by atoms with E-state index in [-0.39, 0.29) is 10.0 Å². The number of sulfonamides is 1. The Labute approximate surface area is 203 Å².